The first kappa shape index (κ1) is 11.2. The summed E-state index contributed by atoms with van der Waals surface area (Å²) in [5.41, 5.74) is 1.20. The fourth-order valence-electron chi connectivity index (χ4n) is 2.07. The molecule has 2 rings (SSSR count). The van der Waals surface area contributed by atoms with Crippen LogP contribution in [0.25, 0.3) is 0 Å². The van der Waals surface area contributed by atoms with Crippen LogP contribution in [0, 0.1) is 11.8 Å². The van der Waals surface area contributed by atoms with Gasteiger partial charge in [0.25, 0.3) is 0 Å². The Labute approximate surface area is 97.1 Å². The molecule has 1 saturated carbocycles. The van der Waals surface area contributed by atoms with Crippen LogP contribution in [0.1, 0.15) is 38.3 Å². The molecule has 1 fully saturated rings. The summed E-state index contributed by atoms with van der Waals surface area (Å²) in [6.45, 7) is 4.24. The van der Waals surface area contributed by atoms with Crippen LogP contribution in [0.5, 0.6) is 0 Å². The SMILES string of the molecule is CC[C@H](NC(=O)[C@H]1C[C@H]1C)c1ccccc1. The first-order chi connectivity index (χ1) is 7.72. The van der Waals surface area contributed by atoms with Crippen molar-refractivity contribution in [2.75, 3.05) is 0 Å². The standard InChI is InChI=1S/C14H19NO/c1-3-13(11-7-5-4-6-8-11)15-14(16)12-9-10(12)2/h4-8,10,12-13H,3,9H2,1-2H3,(H,15,16)/t10-,12+,13+/m1/s1. The van der Waals surface area contributed by atoms with Crippen LogP contribution in [-0.2, 0) is 4.79 Å². The molecule has 1 aliphatic carbocycles. The van der Waals surface area contributed by atoms with E-state index in [9.17, 15) is 4.79 Å². The molecule has 16 heavy (non-hydrogen) atoms. The number of nitrogens with one attached hydrogen (secondary N) is 1. The summed E-state index contributed by atoms with van der Waals surface area (Å²) < 4.78 is 0. The number of hydrogen-bond donors (Lipinski definition) is 1. The monoisotopic (exact) mass is 217 g/mol. The minimum absolute atomic E-state index is 0.168. The average molecular weight is 217 g/mol. The number of carbonyl (C=O) groups is 1. The topological polar surface area (TPSA) is 29.1 Å². The van der Waals surface area contributed by atoms with Crippen molar-refractivity contribution < 1.29 is 4.79 Å². The molecular formula is C14H19NO. The molecule has 0 unspecified atom stereocenters. The van der Waals surface area contributed by atoms with Gasteiger partial charge in [0, 0.05) is 5.92 Å². The Morgan fingerprint density at radius 3 is 2.56 bits per heavy atom. The van der Waals surface area contributed by atoms with E-state index in [1.54, 1.807) is 0 Å². The molecule has 2 nitrogen and oxygen atoms in total. The van der Waals surface area contributed by atoms with Gasteiger partial charge in [-0.05, 0) is 24.3 Å². The molecule has 86 valence electrons. The van der Waals surface area contributed by atoms with Crippen molar-refractivity contribution in [2.45, 2.75) is 32.7 Å². The van der Waals surface area contributed by atoms with Crippen molar-refractivity contribution in [1.29, 1.82) is 0 Å². The van der Waals surface area contributed by atoms with E-state index in [0.29, 0.717) is 5.92 Å². The summed E-state index contributed by atoms with van der Waals surface area (Å²) >= 11 is 0. The highest BCUT2D eigenvalue weighted by atomic mass is 16.2. The Morgan fingerprint density at radius 1 is 1.44 bits per heavy atom. The summed E-state index contributed by atoms with van der Waals surface area (Å²) in [6, 6.07) is 10.4. The lowest BCUT2D eigenvalue weighted by Gasteiger charge is -2.17. The van der Waals surface area contributed by atoms with Gasteiger partial charge in [0.15, 0.2) is 0 Å². The van der Waals surface area contributed by atoms with Crippen LogP contribution in [-0.4, -0.2) is 5.91 Å². The Kier molecular flexibility index (Phi) is 3.28. The molecule has 0 spiro atoms. The zero-order valence-electron chi connectivity index (χ0n) is 9.94. The normalized spacial score (nSPS) is 24.9. The van der Waals surface area contributed by atoms with E-state index in [2.05, 4.69) is 31.3 Å². The average Bonchev–Trinajstić information content (AvgIpc) is 3.04. The zero-order valence-corrected chi connectivity index (χ0v) is 9.94. The molecule has 2 heteroatoms. The highest BCUT2D eigenvalue weighted by Gasteiger charge is 2.39. The maximum atomic E-state index is 11.8. The Bertz CT molecular complexity index is 360. The zero-order chi connectivity index (χ0) is 11.5. The molecule has 1 N–H and O–H groups in total. The van der Waals surface area contributed by atoms with Crippen LogP contribution in [0.2, 0.25) is 0 Å². The number of benzene rings is 1. The highest BCUT2D eigenvalue weighted by Crippen LogP contribution is 2.38. The summed E-state index contributed by atoms with van der Waals surface area (Å²) in [6.07, 6.45) is 1.99. The molecule has 0 radical (unpaired) electrons. The summed E-state index contributed by atoms with van der Waals surface area (Å²) in [5, 5.41) is 3.14. The Morgan fingerprint density at radius 2 is 2.06 bits per heavy atom. The molecule has 0 aliphatic heterocycles. The second-order valence-electron chi connectivity index (χ2n) is 4.70. The molecule has 3 atom stereocenters. The van der Waals surface area contributed by atoms with Crippen molar-refractivity contribution in [1.82, 2.24) is 5.32 Å². The minimum Gasteiger partial charge on any atom is -0.349 e. The largest absolute Gasteiger partial charge is 0.349 e. The van der Waals surface area contributed by atoms with Gasteiger partial charge in [-0.25, -0.2) is 0 Å². The molecule has 0 heterocycles. The minimum atomic E-state index is 0.168. The lowest BCUT2D eigenvalue weighted by molar-refractivity contribution is -0.123. The fourth-order valence-corrected chi connectivity index (χ4v) is 2.07. The molecule has 0 aromatic heterocycles. The van der Waals surface area contributed by atoms with Gasteiger partial charge in [0.05, 0.1) is 6.04 Å². The highest BCUT2D eigenvalue weighted by molar-refractivity contribution is 5.81. The lowest BCUT2D eigenvalue weighted by atomic mass is 10.0. The summed E-state index contributed by atoms with van der Waals surface area (Å²) in [7, 11) is 0. The summed E-state index contributed by atoms with van der Waals surface area (Å²) in [4.78, 5) is 11.8. The van der Waals surface area contributed by atoms with Crippen molar-refractivity contribution in [3.05, 3.63) is 35.9 Å². The lowest BCUT2D eigenvalue weighted by Crippen LogP contribution is -2.29. The van der Waals surface area contributed by atoms with Crippen molar-refractivity contribution >= 4 is 5.91 Å². The van der Waals surface area contributed by atoms with E-state index in [-0.39, 0.29) is 17.9 Å². The third-order valence-electron chi connectivity index (χ3n) is 3.37. The van der Waals surface area contributed by atoms with Gasteiger partial charge < -0.3 is 5.32 Å². The van der Waals surface area contributed by atoms with Gasteiger partial charge in [-0.2, -0.15) is 0 Å². The molecule has 1 aliphatic rings. The van der Waals surface area contributed by atoms with Crippen LogP contribution in [0.4, 0.5) is 0 Å². The van der Waals surface area contributed by atoms with Gasteiger partial charge >= 0.3 is 0 Å². The molecule has 1 amide bonds. The second kappa shape index (κ2) is 4.69. The van der Waals surface area contributed by atoms with Gasteiger partial charge in [-0.1, -0.05) is 44.2 Å². The van der Waals surface area contributed by atoms with E-state index < -0.39 is 0 Å². The first-order valence-electron chi connectivity index (χ1n) is 6.07. The molecule has 1 aromatic carbocycles. The maximum Gasteiger partial charge on any atom is 0.223 e. The summed E-state index contributed by atoms with van der Waals surface area (Å²) in [5.74, 6) is 1.06. The predicted octanol–water partition coefficient (Wildman–Crippen LogP) is 2.91. The van der Waals surface area contributed by atoms with Crippen molar-refractivity contribution in [2.24, 2.45) is 11.8 Å². The van der Waals surface area contributed by atoms with E-state index in [0.717, 1.165) is 12.8 Å². The Balaban J connectivity index is 1.98. The van der Waals surface area contributed by atoms with Crippen LogP contribution < -0.4 is 5.32 Å². The molecular weight excluding hydrogens is 198 g/mol. The number of hydrogen-bond acceptors (Lipinski definition) is 1. The smallest absolute Gasteiger partial charge is 0.223 e. The Hall–Kier alpha value is -1.31. The second-order valence-corrected chi connectivity index (χ2v) is 4.70. The molecule has 1 aromatic rings. The molecule has 0 bridgehead atoms. The van der Waals surface area contributed by atoms with Crippen molar-refractivity contribution in [3.63, 3.8) is 0 Å². The third-order valence-corrected chi connectivity index (χ3v) is 3.37. The van der Waals surface area contributed by atoms with E-state index in [1.165, 1.54) is 5.56 Å². The van der Waals surface area contributed by atoms with E-state index in [1.807, 2.05) is 18.2 Å². The predicted molar refractivity (Wildman–Crippen MR) is 64.9 cm³/mol. The van der Waals surface area contributed by atoms with Crippen molar-refractivity contribution in [3.8, 4) is 0 Å². The van der Waals surface area contributed by atoms with Crippen LogP contribution in [0.3, 0.4) is 0 Å². The van der Waals surface area contributed by atoms with E-state index in [4.69, 9.17) is 0 Å². The van der Waals surface area contributed by atoms with Crippen LogP contribution in [0.15, 0.2) is 30.3 Å². The number of rotatable bonds is 4. The number of amides is 1. The van der Waals surface area contributed by atoms with Gasteiger partial charge in [0.2, 0.25) is 5.91 Å². The van der Waals surface area contributed by atoms with Crippen LogP contribution >= 0.6 is 0 Å². The van der Waals surface area contributed by atoms with Gasteiger partial charge in [-0.3, -0.25) is 4.79 Å². The first-order valence-corrected chi connectivity index (χ1v) is 6.07. The fraction of sp³-hybridized carbons (Fsp3) is 0.500. The third kappa shape index (κ3) is 2.43. The van der Waals surface area contributed by atoms with Gasteiger partial charge in [-0.15, -0.1) is 0 Å². The maximum absolute atomic E-state index is 11.8. The van der Waals surface area contributed by atoms with E-state index >= 15 is 0 Å². The number of carbonyl (C=O) groups excluding carboxylic acids is 1. The van der Waals surface area contributed by atoms with Gasteiger partial charge in [0.1, 0.15) is 0 Å². The molecule has 0 saturated heterocycles. The quantitative estimate of drug-likeness (QED) is 0.825.